The van der Waals surface area contributed by atoms with Crippen molar-refractivity contribution in [3.8, 4) is 0 Å². The third-order valence-electron chi connectivity index (χ3n) is 2.97. The molecular formula is C13H15ClN2O3S. The predicted molar refractivity (Wildman–Crippen MR) is 78.2 cm³/mol. The molecule has 0 aliphatic heterocycles. The number of aliphatic hydroxyl groups excluding tert-OH is 1. The molecule has 0 amide bonds. The van der Waals surface area contributed by atoms with Crippen LogP contribution in [-0.4, -0.2) is 31.2 Å². The lowest BCUT2D eigenvalue weighted by atomic mass is 10.2. The molecule has 0 saturated carbocycles. The normalized spacial score (nSPS) is 13.6. The highest BCUT2D eigenvalue weighted by Gasteiger charge is 2.18. The summed E-state index contributed by atoms with van der Waals surface area (Å²) in [5.74, 6) is 0. The van der Waals surface area contributed by atoms with Crippen LogP contribution >= 0.6 is 11.6 Å². The average molecular weight is 315 g/mol. The minimum atomic E-state index is -3.66. The highest BCUT2D eigenvalue weighted by atomic mass is 35.5. The van der Waals surface area contributed by atoms with Crippen molar-refractivity contribution in [3.05, 3.63) is 35.5 Å². The average Bonchev–Trinajstić information content (AvgIpc) is 2.44. The first-order valence-corrected chi connectivity index (χ1v) is 8.02. The minimum absolute atomic E-state index is 0.140. The predicted octanol–water partition coefficient (Wildman–Crippen LogP) is 1.94. The molecule has 1 aromatic carbocycles. The van der Waals surface area contributed by atoms with E-state index < -0.39 is 16.1 Å². The zero-order chi connectivity index (χ0) is 14.8. The number of rotatable bonds is 5. The van der Waals surface area contributed by atoms with E-state index >= 15 is 0 Å². The van der Waals surface area contributed by atoms with Crippen LogP contribution in [0.3, 0.4) is 0 Å². The molecule has 0 saturated heterocycles. The maximum Gasteiger partial charge on any atom is 0.240 e. The lowest BCUT2D eigenvalue weighted by Gasteiger charge is -2.14. The number of fused-ring (bicyclic) bond motifs is 1. The molecule has 0 fully saturated rings. The van der Waals surface area contributed by atoms with Crippen molar-refractivity contribution in [1.82, 2.24) is 9.71 Å². The molecule has 7 heteroatoms. The molecule has 2 N–H and O–H groups in total. The zero-order valence-corrected chi connectivity index (χ0v) is 12.4. The van der Waals surface area contributed by atoms with Crippen molar-refractivity contribution in [1.29, 1.82) is 0 Å². The van der Waals surface area contributed by atoms with Gasteiger partial charge in [-0.2, -0.15) is 0 Å². The van der Waals surface area contributed by atoms with Gasteiger partial charge in [-0.25, -0.2) is 18.1 Å². The second kappa shape index (κ2) is 6.05. The van der Waals surface area contributed by atoms with Gasteiger partial charge < -0.3 is 5.11 Å². The Bertz CT molecular complexity index is 715. The summed E-state index contributed by atoms with van der Waals surface area (Å²) in [6.07, 6.45) is 0.514. The Morgan fingerprint density at radius 3 is 2.75 bits per heavy atom. The molecule has 0 aliphatic carbocycles. The van der Waals surface area contributed by atoms with Crippen LogP contribution in [0.5, 0.6) is 0 Å². The molecule has 1 heterocycles. The fourth-order valence-electron chi connectivity index (χ4n) is 1.78. The van der Waals surface area contributed by atoms with Crippen LogP contribution in [0.2, 0.25) is 5.15 Å². The van der Waals surface area contributed by atoms with Crippen LogP contribution in [-0.2, 0) is 10.0 Å². The summed E-state index contributed by atoms with van der Waals surface area (Å²) in [4.78, 5) is 4.24. The Hall–Kier alpha value is -1.21. The van der Waals surface area contributed by atoms with Gasteiger partial charge in [0.15, 0.2) is 0 Å². The molecule has 0 bridgehead atoms. The monoisotopic (exact) mass is 314 g/mol. The lowest BCUT2D eigenvalue weighted by molar-refractivity contribution is 0.254. The summed E-state index contributed by atoms with van der Waals surface area (Å²) >= 11 is 5.79. The van der Waals surface area contributed by atoms with E-state index in [9.17, 15) is 8.42 Å². The van der Waals surface area contributed by atoms with E-state index in [0.29, 0.717) is 22.5 Å². The minimum Gasteiger partial charge on any atom is -0.395 e. The molecule has 5 nitrogen and oxygen atoms in total. The SMILES string of the molecule is CC[C@H](CO)NS(=O)(=O)c1ccc2nc(Cl)ccc2c1. The number of hydrogen-bond donors (Lipinski definition) is 2. The van der Waals surface area contributed by atoms with Crippen molar-refractivity contribution in [2.75, 3.05) is 6.61 Å². The molecule has 1 aromatic heterocycles. The summed E-state index contributed by atoms with van der Waals surface area (Å²) in [7, 11) is -3.66. The van der Waals surface area contributed by atoms with Gasteiger partial charge in [0.2, 0.25) is 10.0 Å². The number of sulfonamides is 1. The Morgan fingerprint density at radius 1 is 1.35 bits per heavy atom. The topological polar surface area (TPSA) is 79.3 Å². The molecule has 0 radical (unpaired) electrons. The van der Waals surface area contributed by atoms with E-state index in [1.165, 1.54) is 12.1 Å². The number of aromatic nitrogens is 1. The van der Waals surface area contributed by atoms with E-state index in [1.54, 1.807) is 25.1 Å². The Balaban J connectivity index is 2.39. The number of benzene rings is 1. The Labute approximate surface area is 122 Å². The van der Waals surface area contributed by atoms with Crippen molar-refractivity contribution in [2.24, 2.45) is 0 Å². The van der Waals surface area contributed by atoms with E-state index in [1.807, 2.05) is 0 Å². The molecule has 0 unspecified atom stereocenters. The van der Waals surface area contributed by atoms with Gasteiger partial charge in [0, 0.05) is 11.4 Å². The lowest BCUT2D eigenvalue weighted by Crippen LogP contribution is -2.36. The summed E-state index contributed by atoms with van der Waals surface area (Å²) in [6, 6.07) is 7.45. The molecule has 2 aromatic rings. The van der Waals surface area contributed by atoms with Crippen molar-refractivity contribution in [2.45, 2.75) is 24.3 Å². The van der Waals surface area contributed by atoms with Gasteiger partial charge in [0.05, 0.1) is 17.0 Å². The zero-order valence-electron chi connectivity index (χ0n) is 10.9. The number of hydrogen-bond acceptors (Lipinski definition) is 4. The van der Waals surface area contributed by atoms with Crippen molar-refractivity contribution >= 4 is 32.5 Å². The van der Waals surface area contributed by atoms with Gasteiger partial charge >= 0.3 is 0 Å². The van der Waals surface area contributed by atoms with E-state index in [0.717, 1.165) is 0 Å². The highest BCUT2D eigenvalue weighted by molar-refractivity contribution is 7.89. The highest BCUT2D eigenvalue weighted by Crippen LogP contribution is 2.20. The Kier molecular flexibility index (Phi) is 4.59. The van der Waals surface area contributed by atoms with E-state index in [-0.39, 0.29) is 11.5 Å². The first kappa shape index (κ1) is 15.2. The number of pyridine rings is 1. The second-order valence-electron chi connectivity index (χ2n) is 4.40. The van der Waals surface area contributed by atoms with Crippen LogP contribution in [0.25, 0.3) is 10.9 Å². The Morgan fingerprint density at radius 2 is 2.10 bits per heavy atom. The third-order valence-corrected chi connectivity index (χ3v) is 4.70. The molecule has 108 valence electrons. The number of nitrogens with zero attached hydrogens (tertiary/aromatic N) is 1. The van der Waals surface area contributed by atoms with Gasteiger partial charge in [-0.05, 0) is 36.8 Å². The second-order valence-corrected chi connectivity index (χ2v) is 6.50. The van der Waals surface area contributed by atoms with Crippen LogP contribution in [0.4, 0.5) is 0 Å². The first-order chi connectivity index (χ1) is 9.46. The fraction of sp³-hybridized carbons (Fsp3) is 0.308. The maximum atomic E-state index is 12.2. The van der Waals surface area contributed by atoms with E-state index in [2.05, 4.69) is 9.71 Å². The molecule has 2 rings (SSSR count). The van der Waals surface area contributed by atoms with Gasteiger partial charge in [-0.15, -0.1) is 0 Å². The van der Waals surface area contributed by atoms with Gasteiger partial charge in [0.1, 0.15) is 5.15 Å². The molecular weight excluding hydrogens is 300 g/mol. The fourth-order valence-corrected chi connectivity index (χ4v) is 3.28. The number of halogens is 1. The third kappa shape index (κ3) is 3.27. The summed E-state index contributed by atoms with van der Waals surface area (Å²) in [6.45, 7) is 1.57. The first-order valence-electron chi connectivity index (χ1n) is 6.16. The van der Waals surface area contributed by atoms with Crippen LogP contribution in [0.15, 0.2) is 35.2 Å². The largest absolute Gasteiger partial charge is 0.395 e. The summed E-state index contributed by atoms with van der Waals surface area (Å²) in [5, 5.41) is 10.1. The smallest absolute Gasteiger partial charge is 0.240 e. The summed E-state index contributed by atoms with van der Waals surface area (Å²) < 4.78 is 26.9. The van der Waals surface area contributed by atoms with Gasteiger partial charge in [0.25, 0.3) is 0 Å². The standard InChI is InChI=1S/C13H15ClN2O3S/c1-2-10(8-17)16-20(18,19)11-4-5-12-9(7-11)3-6-13(14)15-12/h3-7,10,16-17H,2,8H2,1H3/t10-/m1/s1. The molecule has 0 spiro atoms. The van der Waals surface area contributed by atoms with Crippen molar-refractivity contribution in [3.63, 3.8) is 0 Å². The van der Waals surface area contributed by atoms with Crippen molar-refractivity contribution < 1.29 is 13.5 Å². The summed E-state index contributed by atoms with van der Waals surface area (Å²) in [5.41, 5.74) is 0.630. The quantitative estimate of drug-likeness (QED) is 0.827. The van der Waals surface area contributed by atoms with Crippen LogP contribution in [0.1, 0.15) is 13.3 Å². The molecule has 0 aliphatic rings. The van der Waals surface area contributed by atoms with Crippen LogP contribution < -0.4 is 4.72 Å². The van der Waals surface area contributed by atoms with Gasteiger partial charge in [-0.3, -0.25) is 0 Å². The molecule has 20 heavy (non-hydrogen) atoms. The maximum absolute atomic E-state index is 12.2. The number of nitrogens with one attached hydrogen (secondary N) is 1. The van der Waals surface area contributed by atoms with Gasteiger partial charge in [-0.1, -0.05) is 18.5 Å². The van der Waals surface area contributed by atoms with E-state index in [4.69, 9.17) is 16.7 Å². The number of aliphatic hydroxyl groups is 1. The molecule has 1 atom stereocenters. The van der Waals surface area contributed by atoms with Crippen LogP contribution in [0, 0.1) is 0 Å².